The maximum Gasteiger partial charge on any atom is 0.455 e. The van der Waals surface area contributed by atoms with Gasteiger partial charge in [-0.25, -0.2) is 0 Å². The predicted octanol–water partition coefficient (Wildman–Crippen LogP) is 5.36. The molecule has 0 unspecified atom stereocenters. The molecule has 0 bridgehead atoms. The van der Waals surface area contributed by atoms with Crippen LogP contribution in [-0.2, 0) is 14.2 Å². The number of carbonyl (C=O) groups excluding carboxylic acids is 2. The summed E-state index contributed by atoms with van der Waals surface area (Å²) < 4.78 is 6.13. The van der Waals surface area contributed by atoms with Gasteiger partial charge in [0, 0.05) is 6.04 Å². The summed E-state index contributed by atoms with van der Waals surface area (Å²) in [6.07, 6.45) is 9.41. The number of allylic oxidation sites excluding steroid dienone is 2. The second kappa shape index (κ2) is 10.8. The van der Waals surface area contributed by atoms with Gasteiger partial charge in [0.05, 0.1) is 17.9 Å². The smallest absolute Gasteiger partial charge is 0.455 e. The molecular weight excluding hydrogens is 465 g/mol. The summed E-state index contributed by atoms with van der Waals surface area (Å²) >= 11 is 0. The van der Waals surface area contributed by atoms with Crippen molar-refractivity contribution in [2.24, 2.45) is 23.7 Å². The van der Waals surface area contributed by atoms with Crippen LogP contribution < -0.4 is 0 Å². The average Bonchev–Trinajstić information content (AvgIpc) is 3.12. The summed E-state index contributed by atoms with van der Waals surface area (Å²) in [5, 5.41) is 20.5. The molecule has 198 valence electrons. The Balaban J connectivity index is 1.41. The number of benzene rings is 1. The van der Waals surface area contributed by atoms with Crippen molar-refractivity contribution < 1.29 is 24.4 Å². The molecule has 1 saturated carbocycles. The summed E-state index contributed by atoms with van der Waals surface area (Å²) in [6.45, 7) is 6.39. The van der Waals surface area contributed by atoms with E-state index in [1.165, 1.54) is 17.6 Å². The molecule has 2 heterocycles. The van der Waals surface area contributed by atoms with Crippen molar-refractivity contribution in [1.29, 1.82) is 0 Å². The zero-order valence-electron chi connectivity index (χ0n) is 22.4. The Bertz CT molecular complexity index is 1100. The molecule has 0 radical (unpaired) electrons. The molecule has 7 heteroatoms. The van der Waals surface area contributed by atoms with Crippen LogP contribution in [0.2, 0.25) is 6.32 Å². The van der Waals surface area contributed by atoms with Gasteiger partial charge in [0.15, 0.2) is 0 Å². The van der Waals surface area contributed by atoms with Crippen molar-refractivity contribution in [3.8, 4) is 5.75 Å². The number of imide groups is 1. The largest absolute Gasteiger partial charge is 0.508 e. The number of fused-ring (bicyclic) bond motifs is 3. The van der Waals surface area contributed by atoms with Gasteiger partial charge in [-0.2, -0.15) is 0 Å². The number of carbonyl (C=O) groups is 2. The molecule has 2 aliphatic carbocycles. The van der Waals surface area contributed by atoms with E-state index in [-0.39, 0.29) is 53.4 Å². The lowest BCUT2D eigenvalue weighted by atomic mass is 9.57. The van der Waals surface area contributed by atoms with Crippen LogP contribution in [0.1, 0.15) is 77.7 Å². The Morgan fingerprint density at radius 3 is 2.62 bits per heavy atom. The summed E-state index contributed by atoms with van der Waals surface area (Å²) in [6, 6.07) is 7.22. The SMILES string of the molecule is C/C(=C\c1cccc(O)c1)CC[C@H]1OB(O)C[C@H]2C1=C(C(C)C)C[C@H]1C(=O)N(C3CCCCC3)C(=O)[C@H]12. The van der Waals surface area contributed by atoms with Crippen molar-refractivity contribution in [3.05, 3.63) is 46.5 Å². The normalized spacial score (nSPS) is 29.3. The van der Waals surface area contributed by atoms with Gasteiger partial charge in [0.1, 0.15) is 5.75 Å². The lowest BCUT2D eigenvalue weighted by molar-refractivity contribution is -0.143. The Morgan fingerprint density at radius 2 is 1.92 bits per heavy atom. The van der Waals surface area contributed by atoms with Crippen LogP contribution in [0.3, 0.4) is 0 Å². The molecule has 37 heavy (non-hydrogen) atoms. The molecule has 2 saturated heterocycles. The van der Waals surface area contributed by atoms with Crippen molar-refractivity contribution in [2.75, 3.05) is 0 Å². The highest BCUT2D eigenvalue weighted by Gasteiger charge is 2.58. The minimum absolute atomic E-state index is 0.0139. The van der Waals surface area contributed by atoms with Crippen molar-refractivity contribution >= 4 is 25.0 Å². The number of phenolic OH excluding ortho intramolecular Hbond substituents is 1. The number of phenols is 1. The van der Waals surface area contributed by atoms with Crippen LogP contribution in [0.5, 0.6) is 5.75 Å². The van der Waals surface area contributed by atoms with Crippen LogP contribution in [-0.4, -0.2) is 46.1 Å². The van der Waals surface area contributed by atoms with E-state index < -0.39 is 7.12 Å². The van der Waals surface area contributed by atoms with E-state index in [1.54, 1.807) is 17.0 Å². The van der Waals surface area contributed by atoms with Gasteiger partial charge < -0.3 is 14.8 Å². The highest BCUT2D eigenvalue weighted by atomic mass is 16.5. The van der Waals surface area contributed by atoms with Gasteiger partial charge >= 0.3 is 7.12 Å². The topological polar surface area (TPSA) is 87.1 Å². The monoisotopic (exact) mass is 505 g/mol. The maximum atomic E-state index is 13.8. The number of hydrogen-bond acceptors (Lipinski definition) is 5. The maximum absolute atomic E-state index is 13.8. The fourth-order valence-electron chi connectivity index (χ4n) is 7.30. The second-order valence-corrected chi connectivity index (χ2v) is 11.9. The number of aromatic hydroxyl groups is 1. The third-order valence-corrected chi connectivity index (χ3v) is 9.00. The lowest BCUT2D eigenvalue weighted by Gasteiger charge is -2.44. The molecule has 1 aromatic carbocycles. The highest BCUT2D eigenvalue weighted by molar-refractivity contribution is 6.43. The molecule has 0 spiro atoms. The van der Waals surface area contributed by atoms with Gasteiger partial charge in [-0.1, -0.05) is 62.5 Å². The first kappa shape index (κ1) is 26.2. The quantitative estimate of drug-likeness (QED) is 0.309. The van der Waals surface area contributed by atoms with E-state index in [1.807, 2.05) is 12.1 Å². The Morgan fingerprint density at radius 1 is 1.16 bits per heavy atom. The minimum Gasteiger partial charge on any atom is -0.508 e. The third-order valence-electron chi connectivity index (χ3n) is 9.00. The molecule has 2 N–H and O–H groups in total. The number of likely N-dealkylation sites (tertiary alicyclic amines) is 1. The van der Waals surface area contributed by atoms with Gasteiger partial charge in [0.2, 0.25) is 11.8 Å². The first-order valence-electron chi connectivity index (χ1n) is 14.1. The molecule has 2 amide bonds. The van der Waals surface area contributed by atoms with Crippen LogP contribution in [0, 0.1) is 23.7 Å². The summed E-state index contributed by atoms with van der Waals surface area (Å²) in [5.74, 6) is -0.345. The summed E-state index contributed by atoms with van der Waals surface area (Å²) in [4.78, 5) is 29.1. The van der Waals surface area contributed by atoms with E-state index >= 15 is 0 Å². The molecule has 2 aliphatic heterocycles. The van der Waals surface area contributed by atoms with Gasteiger partial charge in [-0.3, -0.25) is 14.5 Å². The summed E-state index contributed by atoms with van der Waals surface area (Å²) in [5.41, 5.74) is 4.50. The molecule has 6 nitrogen and oxygen atoms in total. The molecule has 5 rings (SSSR count). The lowest BCUT2D eigenvalue weighted by Crippen LogP contribution is -2.47. The number of hydrogen-bond donors (Lipinski definition) is 2. The number of amides is 2. The van der Waals surface area contributed by atoms with Crippen LogP contribution in [0.15, 0.2) is 41.0 Å². The zero-order valence-corrected chi connectivity index (χ0v) is 22.4. The standard InChI is InChI=1S/C30H40BNO5/c1-18(2)23-16-24-28(30(35)32(29(24)34)21-9-5-4-6-10-21)25-17-31(36)37-26(27(23)25)13-12-19(3)14-20-8-7-11-22(33)15-20/h7-8,11,14-15,18,21,24-26,28,33,36H,4-6,9-10,12-13,16-17H2,1-3H3/b19-14+/t24-,25+,26-,28-/m1/s1. The van der Waals surface area contributed by atoms with Gasteiger partial charge in [-0.05, 0) is 80.5 Å². The first-order valence-corrected chi connectivity index (χ1v) is 14.1. The molecule has 4 atom stereocenters. The minimum atomic E-state index is -0.937. The molecular formula is C30H40BNO5. The Labute approximate surface area is 220 Å². The van der Waals surface area contributed by atoms with Gasteiger partial charge in [-0.15, -0.1) is 0 Å². The van der Waals surface area contributed by atoms with Crippen LogP contribution in [0.25, 0.3) is 6.08 Å². The second-order valence-electron chi connectivity index (χ2n) is 11.9. The molecule has 3 fully saturated rings. The van der Waals surface area contributed by atoms with E-state index in [9.17, 15) is 19.7 Å². The predicted molar refractivity (Wildman–Crippen MR) is 144 cm³/mol. The van der Waals surface area contributed by atoms with Gasteiger partial charge in [0.25, 0.3) is 0 Å². The van der Waals surface area contributed by atoms with Crippen molar-refractivity contribution in [1.82, 2.24) is 4.90 Å². The Kier molecular flexibility index (Phi) is 7.64. The summed E-state index contributed by atoms with van der Waals surface area (Å²) in [7, 11) is -0.937. The molecule has 0 aromatic heterocycles. The Hall–Kier alpha value is -2.38. The molecule has 1 aromatic rings. The fraction of sp³-hybridized carbons (Fsp3) is 0.600. The molecule has 4 aliphatic rings. The van der Waals surface area contributed by atoms with Crippen molar-refractivity contribution in [2.45, 2.75) is 90.6 Å². The first-order chi connectivity index (χ1) is 17.7. The van der Waals surface area contributed by atoms with E-state index in [0.717, 1.165) is 43.2 Å². The van der Waals surface area contributed by atoms with E-state index in [0.29, 0.717) is 19.2 Å². The van der Waals surface area contributed by atoms with E-state index in [2.05, 4.69) is 26.8 Å². The third kappa shape index (κ3) is 5.17. The number of nitrogens with zero attached hydrogens (tertiary/aromatic N) is 1. The van der Waals surface area contributed by atoms with Crippen molar-refractivity contribution in [3.63, 3.8) is 0 Å². The van der Waals surface area contributed by atoms with Crippen LogP contribution in [0.4, 0.5) is 0 Å². The number of rotatable bonds is 6. The zero-order chi connectivity index (χ0) is 26.3. The van der Waals surface area contributed by atoms with Crippen LogP contribution >= 0.6 is 0 Å². The average molecular weight is 505 g/mol. The highest BCUT2D eigenvalue weighted by Crippen LogP contribution is 2.52. The van der Waals surface area contributed by atoms with E-state index in [4.69, 9.17) is 4.65 Å². The fourth-order valence-corrected chi connectivity index (χ4v) is 7.30.